The van der Waals surface area contributed by atoms with Crippen LogP contribution in [0.3, 0.4) is 0 Å². The Labute approximate surface area is 158 Å². The summed E-state index contributed by atoms with van der Waals surface area (Å²) in [4.78, 5) is 25.3. The third kappa shape index (κ3) is 5.49. The number of anilines is 1. The molecule has 0 aliphatic rings. The van der Waals surface area contributed by atoms with Crippen molar-refractivity contribution in [3.63, 3.8) is 0 Å². The number of aliphatic hydroxyl groups is 1. The minimum atomic E-state index is -1.06. The van der Waals surface area contributed by atoms with Crippen LogP contribution in [-0.4, -0.2) is 26.0 Å². The van der Waals surface area contributed by atoms with Crippen molar-refractivity contribution in [2.45, 2.75) is 46.4 Å². The Kier molecular flexibility index (Phi) is 6.46. The van der Waals surface area contributed by atoms with Gasteiger partial charge < -0.3 is 20.9 Å². The molecule has 27 heavy (non-hydrogen) atoms. The van der Waals surface area contributed by atoms with E-state index in [1.807, 2.05) is 6.92 Å². The molecule has 2 aromatic heterocycles. The number of nitrogens with one attached hydrogen (secondary N) is 1. The molecule has 2 aromatic rings. The number of hydrogen-bond acceptors (Lipinski definition) is 7. The van der Waals surface area contributed by atoms with E-state index in [0.717, 1.165) is 0 Å². The zero-order valence-electron chi connectivity index (χ0n) is 16.0. The van der Waals surface area contributed by atoms with Crippen LogP contribution in [0.15, 0.2) is 30.5 Å². The van der Waals surface area contributed by atoms with E-state index < -0.39 is 11.5 Å². The zero-order valence-corrected chi connectivity index (χ0v) is 16.0. The maximum Gasteiger partial charge on any atom is 0.274 e. The molecule has 0 saturated carbocycles. The summed E-state index contributed by atoms with van der Waals surface area (Å²) in [5.74, 6) is -0.408. The van der Waals surface area contributed by atoms with E-state index in [-0.39, 0.29) is 24.7 Å². The molecule has 8 heteroatoms. The summed E-state index contributed by atoms with van der Waals surface area (Å²) in [6.07, 6.45) is 3.31. The number of hydrogen-bond donors (Lipinski definition) is 3. The summed E-state index contributed by atoms with van der Waals surface area (Å²) in [5.41, 5.74) is 7.17. The number of amides is 1. The predicted molar refractivity (Wildman–Crippen MR) is 101 cm³/mol. The average molecular weight is 371 g/mol. The van der Waals surface area contributed by atoms with Crippen LogP contribution in [-0.2, 0) is 23.5 Å². The van der Waals surface area contributed by atoms with Crippen molar-refractivity contribution in [2.75, 3.05) is 5.73 Å². The van der Waals surface area contributed by atoms with Crippen LogP contribution in [0.2, 0.25) is 0 Å². The highest BCUT2D eigenvalue weighted by Crippen LogP contribution is 2.17. The van der Waals surface area contributed by atoms with Gasteiger partial charge in [-0.1, -0.05) is 12.1 Å². The number of aromatic nitrogens is 3. The lowest BCUT2D eigenvalue weighted by Gasteiger charge is -2.17. The molecule has 0 radical (unpaired) electrons. The Hall–Kier alpha value is -3.00. The number of ether oxygens (including phenoxy) is 1. The van der Waals surface area contributed by atoms with Gasteiger partial charge in [-0.25, -0.2) is 9.97 Å². The Morgan fingerprint density at radius 1 is 1.33 bits per heavy atom. The lowest BCUT2D eigenvalue weighted by Crippen LogP contribution is -2.27. The predicted octanol–water partition coefficient (Wildman–Crippen LogP) is 1.97. The highest BCUT2D eigenvalue weighted by molar-refractivity contribution is 5.96. The van der Waals surface area contributed by atoms with Crippen molar-refractivity contribution in [3.05, 3.63) is 59.0 Å². The van der Waals surface area contributed by atoms with Gasteiger partial charge in [0, 0.05) is 0 Å². The standard InChI is InChI=1S/C19H25N5O3/c1-5-9-27-11-14-12(2)22-16(17(20)24-14)18(25)21-10-13-7-6-8-15(23-13)19(3,4)26/h5-9,26H,10-11H2,1-4H3,(H2,20,24)(H,21,25)/b9-5-. The van der Waals surface area contributed by atoms with Gasteiger partial charge in [-0.05, 0) is 39.8 Å². The molecule has 2 heterocycles. The summed E-state index contributed by atoms with van der Waals surface area (Å²) in [7, 11) is 0. The highest BCUT2D eigenvalue weighted by atomic mass is 16.5. The first-order chi connectivity index (χ1) is 12.7. The molecule has 0 bridgehead atoms. The fourth-order valence-electron chi connectivity index (χ4n) is 2.27. The van der Waals surface area contributed by atoms with Crippen LogP contribution in [0, 0.1) is 6.92 Å². The van der Waals surface area contributed by atoms with Crippen LogP contribution >= 0.6 is 0 Å². The monoisotopic (exact) mass is 371 g/mol. The van der Waals surface area contributed by atoms with Crippen LogP contribution in [0.25, 0.3) is 0 Å². The maximum absolute atomic E-state index is 12.4. The topological polar surface area (TPSA) is 123 Å². The Morgan fingerprint density at radius 3 is 2.74 bits per heavy atom. The number of carbonyl (C=O) groups is 1. The fraction of sp³-hybridized carbons (Fsp3) is 0.368. The van der Waals surface area contributed by atoms with Crippen LogP contribution < -0.4 is 11.1 Å². The van der Waals surface area contributed by atoms with Gasteiger partial charge in [-0.15, -0.1) is 0 Å². The quantitative estimate of drug-likeness (QED) is 0.636. The van der Waals surface area contributed by atoms with Crippen LogP contribution in [0.1, 0.15) is 54.0 Å². The highest BCUT2D eigenvalue weighted by Gasteiger charge is 2.19. The average Bonchev–Trinajstić information content (AvgIpc) is 2.62. The number of rotatable bonds is 7. The molecular weight excluding hydrogens is 346 g/mol. The summed E-state index contributed by atoms with van der Waals surface area (Å²) in [6.45, 7) is 7.28. The van der Waals surface area contributed by atoms with E-state index in [1.54, 1.807) is 51.3 Å². The van der Waals surface area contributed by atoms with E-state index in [1.165, 1.54) is 0 Å². The van der Waals surface area contributed by atoms with Gasteiger partial charge in [0.1, 0.15) is 17.9 Å². The molecule has 0 spiro atoms. The summed E-state index contributed by atoms with van der Waals surface area (Å²) in [6, 6.07) is 5.27. The molecule has 4 N–H and O–H groups in total. The van der Waals surface area contributed by atoms with Gasteiger partial charge in [0.05, 0.1) is 29.9 Å². The second-order valence-corrected chi connectivity index (χ2v) is 6.53. The van der Waals surface area contributed by atoms with Crippen molar-refractivity contribution in [1.82, 2.24) is 20.3 Å². The van der Waals surface area contributed by atoms with Gasteiger partial charge in [-0.2, -0.15) is 0 Å². The van der Waals surface area contributed by atoms with Crippen LogP contribution in [0.5, 0.6) is 0 Å². The first kappa shape index (κ1) is 20.3. The minimum absolute atomic E-state index is 0.0374. The number of pyridine rings is 1. The zero-order chi connectivity index (χ0) is 20.0. The Morgan fingerprint density at radius 2 is 2.07 bits per heavy atom. The molecule has 0 aliphatic heterocycles. The molecule has 0 saturated heterocycles. The molecular formula is C19H25N5O3. The Bertz CT molecular complexity index is 844. The number of aryl methyl sites for hydroxylation is 1. The largest absolute Gasteiger partial charge is 0.495 e. The molecule has 144 valence electrons. The number of nitrogen functional groups attached to an aromatic ring is 1. The minimum Gasteiger partial charge on any atom is -0.495 e. The van der Waals surface area contributed by atoms with Crippen molar-refractivity contribution in [3.8, 4) is 0 Å². The van der Waals surface area contributed by atoms with Gasteiger partial charge in [0.2, 0.25) is 0 Å². The second kappa shape index (κ2) is 8.59. The molecule has 0 aromatic carbocycles. The van der Waals surface area contributed by atoms with Gasteiger partial charge in [0.25, 0.3) is 5.91 Å². The molecule has 8 nitrogen and oxygen atoms in total. The van der Waals surface area contributed by atoms with E-state index >= 15 is 0 Å². The third-order valence-corrected chi connectivity index (χ3v) is 3.73. The van der Waals surface area contributed by atoms with Crippen molar-refractivity contribution in [2.24, 2.45) is 0 Å². The number of nitrogens with two attached hydrogens (primary N) is 1. The van der Waals surface area contributed by atoms with E-state index in [0.29, 0.717) is 22.8 Å². The molecule has 2 rings (SSSR count). The summed E-state index contributed by atoms with van der Waals surface area (Å²) in [5, 5.41) is 12.8. The van der Waals surface area contributed by atoms with Crippen molar-refractivity contribution >= 4 is 11.7 Å². The van der Waals surface area contributed by atoms with Gasteiger partial charge in [-0.3, -0.25) is 9.78 Å². The Balaban J connectivity index is 2.09. The second-order valence-electron chi connectivity index (χ2n) is 6.53. The van der Waals surface area contributed by atoms with Gasteiger partial charge >= 0.3 is 0 Å². The van der Waals surface area contributed by atoms with Gasteiger partial charge in [0.15, 0.2) is 11.5 Å². The number of carbonyl (C=O) groups excluding carboxylic acids is 1. The first-order valence-electron chi connectivity index (χ1n) is 8.55. The molecule has 0 aliphatic carbocycles. The lowest BCUT2D eigenvalue weighted by atomic mass is 10.0. The molecule has 0 fully saturated rings. The lowest BCUT2D eigenvalue weighted by molar-refractivity contribution is 0.0736. The van der Waals surface area contributed by atoms with Crippen LogP contribution in [0.4, 0.5) is 5.82 Å². The number of nitrogens with zero attached hydrogens (tertiary/aromatic N) is 3. The van der Waals surface area contributed by atoms with E-state index in [9.17, 15) is 9.90 Å². The molecule has 1 amide bonds. The van der Waals surface area contributed by atoms with Crippen molar-refractivity contribution < 1.29 is 14.6 Å². The van der Waals surface area contributed by atoms with Crippen molar-refractivity contribution in [1.29, 1.82) is 0 Å². The fourth-order valence-corrected chi connectivity index (χ4v) is 2.27. The third-order valence-electron chi connectivity index (χ3n) is 3.73. The normalized spacial score (nSPS) is 11.6. The summed E-state index contributed by atoms with van der Waals surface area (Å²) >= 11 is 0. The van der Waals surface area contributed by atoms with E-state index in [4.69, 9.17) is 10.5 Å². The smallest absolute Gasteiger partial charge is 0.274 e. The number of allylic oxidation sites excluding steroid dienone is 1. The maximum atomic E-state index is 12.4. The molecule has 0 unspecified atom stereocenters. The first-order valence-corrected chi connectivity index (χ1v) is 8.55. The molecule has 0 atom stereocenters. The SMILES string of the molecule is C/C=C\OCc1nc(N)c(C(=O)NCc2cccc(C(C)(C)O)n2)nc1C. The summed E-state index contributed by atoms with van der Waals surface area (Å²) < 4.78 is 5.28. The van der Waals surface area contributed by atoms with E-state index in [2.05, 4.69) is 20.3 Å².